The van der Waals surface area contributed by atoms with Crippen molar-refractivity contribution in [2.75, 3.05) is 0 Å². The number of rotatable bonds is 6. The average molecular weight is 557 g/mol. The van der Waals surface area contributed by atoms with E-state index in [0.717, 1.165) is 11.3 Å². The standard InChI is InChI=1S/C21H13F6N7O3S/c1-9(31-17(35)10-4-11(20(22,23)24)6-12(5-10)21(25,26)27)14-15(29-3-2-28-14)16-30-8-34(33-16)19-32-13(7-38-19)18(36)37/h2-9H,1H3,(H,31,35)(H,36,37). The van der Waals surface area contributed by atoms with Gasteiger partial charge >= 0.3 is 18.3 Å². The highest BCUT2D eigenvalue weighted by Crippen LogP contribution is 2.36. The SMILES string of the molecule is CC(NC(=O)c1cc(C(F)(F)F)cc(C(F)(F)F)c1)c1nccnc1-c1ncn(-c2nc(C(=O)O)cs2)n1. The second-order valence-corrected chi connectivity index (χ2v) is 8.45. The molecule has 0 aliphatic heterocycles. The van der Waals surface area contributed by atoms with Crippen LogP contribution in [0, 0.1) is 0 Å². The first kappa shape index (κ1) is 26.6. The number of alkyl halides is 6. The molecule has 17 heteroatoms. The first-order valence-corrected chi connectivity index (χ1v) is 11.1. The van der Waals surface area contributed by atoms with Crippen molar-refractivity contribution >= 4 is 23.2 Å². The van der Waals surface area contributed by atoms with Crippen molar-refractivity contribution in [1.29, 1.82) is 0 Å². The summed E-state index contributed by atoms with van der Waals surface area (Å²) >= 11 is 0.977. The Morgan fingerprint density at radius 2 is 1.63 bits per heavy atom. The smallest absolute Gasteiger partial charge is 0.416 e. The summed E-state index contributed by atoms with van der Waals surface area (Å²) in [5.74, 6) is -2.47. The predicted molar refractivity (Wildman–Crippen MR) is 117 cm³/mol. The van der Waals surface area contributed by atoms with Crippen molar-refractivity contribution in [3.63, 3.8) is 0 Å². The summed E-state index contributed by atoms with van der Waals surface area (Å²) in [4.78, 5) is 40.0. The topological polar surface area (TPSA) is 136 Å². The zero-order valence-corrected chi connectivity index (χ0v) is 19.6. The lowest BCUT2D eigenvalue weighted by Crippen LogP contribution is -2.28. The summed E-state index contributed by atoms with van der Waals surface area (Å²) in [6.45, 7) is 1.39. The van der Waals surface area contributed by atoms with Gasteiger partial charge < -0.3 is 10.4 Å². The monoisotopic (exact) mass is 557 g/mol. The lowest BCUT2D eigenvalue weighted by atomic mass is 10.0. The van der Waals surface area contributed by atoms with Gasteiger partial charge in [-0.15, -0.1) is 16.4 Å². The van der Waals surface area contributed by atoms with Gasteiger partial charge in [-0.3, -0.25) is 9.78 Å². The van der Waals surface area contributed by atoms with E-state index in [4.69, 9.17) is 5.11 Å². The minimum atomic E-state index is -5.12. The Labute approximate surface area is 212 Å². The van der Waals surface area contributed by atoms with Crippen LogP contribution in [0.2, 0.25) is 0 Å². The molecule has 2 N–H and O–H groups in total. The summed E-state index contributed by atoms with van der Waals surface area (Å²) < 4.78 is 80.2. The van der Waals surface area contributed by atoms with Crippen LogP contribution in [0.25, 0.3) is 16.6 Å². The fourth-order valence-electron chi connectivity index (χ4n) is 3.20. The van der Waals surface area contributed by atoms with Gasteiger partial charge in [0.05, 0.1) is 22.9 Å². The Morgan fingerprint density at radius 3 is 2.21 bits per heavy atom. The molecule has 198 valence electrons. The predicted octanol–water partition coefficient (Wildman–Crippen LogP) is 4.41. The quantitative estimate of drug-likeness (QED) is 0.333. The minimum absolute atomic E-state index is 0.0142. The van der Waals surface area contributed by atoms with Crippen molar-refractivity contribution in [1.82, 2.24) is 35.0 Å². The van der Waals surface area contributed by atoms with Crippen molar-refractivity contribution in [3.05, 3.63) is 70.4 Å². The zero-order valence-electron chi connectivity index (χ0n) is 18.7. The van der Waals surface area contributed by atoms with Gasteiger partial charge in [0.15, 0.2) is 5.69 Å². The van der Waals surface area contributed by atoms with Crippen LogP contribution in [-0.2, 0) is 12.4 Å². The molecule has 4 aromatic rings. The van der Waals surface area contributed by atoms with Crippen molar-refractivity contribution in [3.8, 4) is 16.6 Å². The third-order valence-corrected chi connectivity index (χ3v) is 5.78. The maximum absolute atomic E-state index is 13.2. The summed E-state index contributed by atoms with van der Waals surface area (Å²) in [6, 6.07) is -0.500. The summed E-state index contributed by atoms with van der Waals surface area (Å²) in [5, 5.41) is 17.0. The van der Waals surface area contributed by atoms with Crippen LogP contribution in [-0.4, -0.2) is 46.7 Å². The molecule has 0 spiro atoms. The molecule has 0 saturated heterocycles. The van der Waals surface area contributed by atoms with Crippen LogP contribution >= 0.6 is 11.3 Å². The molecule has 4 rings (SSSR count). The number of benzene rings is 1. The number of aromatic nitrogens is 6. The average Bonchev–Trinajstić information content (AvgIpc) is 3.53. The normalized spacial score (nSPS) is 12.8. The summed E-state index contributed by atoms with van der Waals surface area (Å²) in [6.07, 6.45) is -6.48. The number of carbonyl (C=O) groups excluding carboxylic acids is 1. The summed E-state index contributed by atoms with van der Waals surface area (Å²) in [7, 11) is 0. The van der Waals surface area contributed by atoms with Gasteiger partial charge in [0.1, 0.15) is 12.0 Å². The van der Waals surface area contributed by atoms with Crippen LogP contribution in [0.3, 0.4) is 0 Å². The second-order valence-electron chi connectivity index (χ2n) is 7.61. The maximum Gasteiger partial charge on any atom is 0.416 e. The van der Waals surface area contributed by atoms with Crippen molar-refractivity contribution < 1.29 is 41.0 Å². The fourth-order valence-corrected chi connectivity index (χ4v) is 3.92. The van der Waals surface area contributed by atoms with Crippen molar-refractivity contribution in [2.24, 2.45) is 0 Å². The molecule has 3 heterocycles. The van der Waals surface area contributed by atoms with Gasteiger partial charge in [-0.25, -0.2) is 19.7 Å². The number of thiazole rings is 1. The van der Waals surface area contributed by atoms with E-state index in [2.05, 4.69) is 30.4 Å². The molecule has 0 saturated carbocycles. The largest absolute Gasteiger partial charge is 0.476 e. The number of aromatic carboxylic acids is 1. The first-order valence-electron chi connectivity index (χ1n) is 10.3. The van der Waals surface area contributed by atoms with Gasteiger partial charge in [-0.2, -0.15) is 31.0 Å². The van der Waals surface area contributed by atoms with E-state index in [9.17, 15) is 35.9 Å². The highest BCUT2D eigenvalue weighted by atomic mass is 32.1. The van der Waals surface area contributed by atoms with Gasteiger partial charge in [0.25, 0.3) is 5.91 Å². The fraction of sp³-hybridized carbons (Fsp3) is 0.190. The number of carboxylic acid groups (broad SMARTS) is 1. The van der Waals surface area contributed by atoms with Crippen LogP contribution in [0.15, 0.2) is 42.3 Å². The molecule has 1 unspecified atom stereocenters. The first-order chi connectivity index (χ1) is 17.7. The van der Waals surface area contributed by atoms with E-state index in [0.29, 0.717) is 12.1 Å². The van der Waals surface area contributed by atoms with Gasteiger partial charge in [0, 0.05) is 23.3 Å². The Bertz CT molecular complexity index is 1480. The third-order valence-electron chi connectivity index (χ3n) is 4.94. The van der Waals surface area contributed by atoms with Gasteiger partial charge in [0.2, 0.25) is 11.0 Å². The van der Waals surface area contributed by atoms with Crippen molar-refractivity contribution in [2.45, 2.75) is 25.3 Å². The van der Waals surface area contributed by atoms with E-state index < -0.39 is 47.0 Å². The molecule has 0 radical (unpaired) electrons. The van der Waals surface area contributed by atoms with E-state index in [1.165, 1.54) is 35.7 Å². The molecule has 1 atom stereocenters. The maximum atomic E-state index is 13.2. The number of amides is 1. The van der Waals surface area contributed by atoms with Crippen LogP contribution in [0.4, 0.5) is 26.3 Å². The highest BCUT2D eigenvalue weighted by molar-refractivity contribution is 7.12. The Morgan fingerprint density at radius 1 is 1.00 bits per heavy atom. The molecule has 3 aromatic heterocycles. The lowest BCUT2D eigenvalue weighted by Gasteiger charge is -2.17. The Kier molecular flexibility index (Phi) is 6.88. The van der Waals surface area contributed by atoms with E-state index in [1.54, 1.807) is 0 Å². The number of nitrogens with zero attached hydrogens (tertiary/aromatic N) is 6. The number of carbonyl (C=O) groups is 2. The summed E-state index contributed by atoms with van der Waals surface area (Å²) in [5.41, 5.74) is -4.21. The van der Waals surface area contributed by atoms with E-state index in [-0.39, 0.29) is 34.1 Å². The van der Waals surface area contributed by atoms with E-state index >= 15 is 0 Å². The molecular weight excluding hydrogens is 544 g/mol. The van der Waals surface area contributed by atoms with Gasteiger partial charge in [-0.05, 0) is 25.1 Å². The molecule has 1 amide bonds. The minimum Gasteiger partial charge on any atom is -0.476 e. The molecule has 0 aliphatic rings. The number of hydrogen-bond donors (Lipinski definition) is 2. The molecule has 10 nitrogen and oxygen atoms in total. The number of halogens is 6. The van der Waals surface area contributed by atoms with Crippen LogP contribution in [0.1, 0.15) is 50.6 Å². The molecule has 1 aromatic carbocycles. The lowest BCUT2D eigenvalue weighted by molar-refractivity contribution is -0.143. The Balaban J connectivity index is 1.62. The number of carboxylic acids is 1. The van der Waals surface area contributed by atoms with E-state index in [1.807, 2.05) is 0 Å². The molecular formula is C21H13F6N7O3S. The molecule has 0 fully saturated rings. The molecule has 0 bridgehead atoms. The molecule has 38 heavy (non-hydrogen) atoms. The van der Waals surface area contributed by atoms with Gasteiger partial charge in [-0.1, -0.05) is 0 Å². The molecule has 0 aliphatic carbocycles. The highest BCUT2D eigenvalue weighted by Gasteiger charge is 2.37. The third kappa shape index (κ3) is 5.61. The number of nitrogens with one attached hydrogen (secondary N) is 1. The van der Waals surface area contributed by atoms with Crippen LogP contribution in [0.5, 0.6) is 0 Å². The zero-order chi connectivity index (χ0) is 27.8. The Hall–Kier alpha value is -4.41. The second kappa shape index (κ2) is 9.81. The van der Waals surface area contributed by atoms with Crippen LogP contribution < -0.4 is 5.32 Å². The number of hydrogen-bond acceptors (Lipinski definition) is 8.